The molecule has 17 heavy (non-hydrogen) atoms. The number of methoxy groups -OCH3 is 1. The average molecular weight is 252 g/mol. The van der Waals surface area contributed by atoms with Crippen molar-refractivity contribution < 1.29 is 9.13 Å². The average Bonchev–Trinajstić information content (AvgIpc) is 2.34. The van der Waals surface area contributed by atoms with Crippen LogP contribution in [-0.4, -0.2) is 7.11 Å². The quantitative estimate of drug-likeness (QED) is 0.826. The van der Waals surface area contributed by atoms with Crippen molar-refractivity contribution in [3.05, 3.63) is 47.2 Å². The van der Waals surface area contributed by atoms with Gasteiger partial charge in [-0.2, -0.15) is 0 Å². The van der Waals surface area contributed by atoms with Crippen LogP contribution < -0.4 is 10.5 Å². The van der Waals surface area contributed by atoms with Crippen molar-refractivity contribution in [2.75, 3.05) is 12.8 Å². The van der Waals surface area contributed by atoms with Crippen molar-refractivity contribution in [3.8, 4) is 16.9 Å². The second-order valence-electron chi connectivity index (χ2n) is 3.55. The lowest BCUT2D eigenvalue weighted by atomic mass is 10.0. The topological polar surface area (TPSA) is 35.2 Å². The molecule has 4 heteroatoms. The van der Waals surface area contributed by atoms with Crippen LogP contribution in [0.15, 0.2) is 36.4 Å². The summed E-state index contributed by atoms with van der Waals surface area (Å²) in [5.41, 5.74) is 7.21. The Morgan fingerprint density at radius 2 is 2.00 bits per heavy atom. The predicted octanol–water partition coefficient (Wildman–Crippen LogP) is 3.74. The third-order valence-electron chi connectivity index (χ3n) is 2.52. The number of ether oxygens (including phenoxy) is 1. The maximum atomic E-state index is 13.3. The first-order valence-corrected chi connectivity index (χ1v) is 5.39. The zero-order valence-electron chi connectivity index (χ0n) is 9.21. The number of rotatable bonds is 2. The van der Waals surface area contributed by atoms with Gasteiger partial charge in [0.15, 0.2) is 0 Å². The van der Waals surface area contributed by atoms with Gasteiger partial charge < -0.3 is 10.5 Å². The van der Waals surface area contributed by atoms with E-state index in [4.69, 9.17) is 22.1 Å². The van der Waals surface area contributed by atoms with Crippen molar-refractivity contribution in [1.82, 2.24) is 0 Å². The van der Waals surface area contributed by atoms with E-state index >= 15 is 0 Å². The largest absolute Gasteiger partial charge is 0.495 e. The smallest absolute Gasteiger partial charge is 0.146 e. The molecule has 0 atom stereocenters. The van der Waals surface area contributed by atoms with Crippen molar-refractivity contribution in [3.63, 3.8) is 0 Å². The summed E-state index contributed by atoms with van der Waals surface area (Å²) < 4.78 is 18.5. The minimum absolute atomic E-state index is 0.122. The first-order chi connectivity index (χ1) is 8.13. The maximum absolute atomic E-state index is 13.3. The van der Waals surface area contributed by atoms with Crippen LogP contribution >= 0.6 is 11.6 Å². The summed E-state index contributed by atoms with van der Waals surface area (Å²) in [4.78, 5) is 0. The Labute approximate surface area is 104 Å². The Kier molecular flexibility index (Phi) is 3.20. The third kappa shape index (κ3) is 2.19. The fourth-order valence-corrected chi connectivity index (χ4v) is 1.81. The summed E-state index contributed by atoms with van der Waals surface area (Å²) in [6.07, 6.45) is 0. The Morgan fingerprint density at radius 1 is 1.24 bits per heavy atom. The van der Waals surface area contributed by atoms with Crippen LogP contribution in [0.3, 0.4) is 0 Å². The van der Waals surface area contributed by atoms with E-state index in [0.29, 0.717) is 16.3 Å². The molecule has 0 saturated carbocycles. The summed E-state index contributed by atoms with van der Waals surface area (Å²) in [6.45, 7) is 0. The molecule has 0 heterocycles. The molecule has 0 saturated heterocycles. The molecular weight excluding hydrogens is 241 g/mol. The molecular formula is C13H11ClFNO. The molecule has 0 aliphatic heterocycles. The third-order valence-corrected chi connectivity index (χ3v) is 2.83. The Balaban J connectivity index is 2.57. The lowest BCUT2D eigenvalue weighted by Gasteiger charge is -2.09. The lowest BCUT2D eigenvalue weighted by Crippen LogP contribution is -1.94. The van der Waals surface area contributed by atoms with Gasteiger partial charge in [0.25, 0.3) is 0 Å². The molecule has 2 aromatic rings. The summed E-state index contributed by atoms with van der Waals surface area (Å²) in [5, 5.41) is 0.506. The van der Waals surface area contributed by atoms with Crippen LogP contribution in [0.1, 0.15) is 0 Å². The van der Waals surface area contributed by atoms with Crippen LogP contribution in [0, 0.1) is 5.82 Å². The molecule has 0 spiro atoms. The highest BCUT2D eigenvalue weighted by atomic mass is 35.5. The molecule has 2 N–H and O–H groups in total. The number of benzene rings is 2. The summed E-state index contributed by atoms with van der Waals surface area (Å²) in [5.74, 6) is 0.101. The van der Waals surface area contributed by atoms with Gasteiger partial charge in [-0.1, -0.05) is 29.8 Å². The minimum Gasteiger partial charge on any atom is -0.495 e. The fraction of sp³-hybridized carbons (Fsp3) is 0.0769. The SMILES string of the molecule is COc1cc(-c2cccc(F)c2N)ccc1Cl. The number of hydrogen-bond acceptors (Lipinski definition) is 2. The second-order valence-corrected chi connectivity index (χ2v) is 3.96. The van der Waals surface area contributed by atoms with Gasteiger partial charge in [-0.15, -0.1) is 0 Å². The van der Waals surface area contributed by atoms with E-state index in [1.54, 1.807) is 30.3 Å². The van der Waals surface area contributed by atoms with Gasteiger partial charge >= 0.3 is 0 Å². The van der Waals surface area contributed by atoms with E-state index in [-0.39, 0.29) is 5.69 Å². The van der Waals surface area contributed by atoms with E-state index in [9.17, 15) is 4.39 Å². The van der Waals surface area contributed by atoms with Gasteiger partial charge in [-0.25, -0.2) is 4.39 Å². The van der Waals surface area contributed by atoms with Gasteiger partial charge in [0.1, 0.15) is 11.6 Å². The Bertz CT molecular complexity index is 557. The number of para-hydroxylation sites is 1. The van der Waals surface area contributed by atoms with Crippen molar-refractivity contribution in [2.45, 2.75) is 0 Å². The highest BCUT2D eigenvalue weighted by Crippen LogP contribution is 2.33. The van der Waals surface area contributed by atoms with Crippen LogP contribution in [0.2, 0.25) is 5.02 Å². The van der Waals surface area contributed by atoms with Gasteiger partial charge in [0, 0.05) is 5.56 Å². The van der Waals surface area contributed by atoms with Crippen molar-refractivity contribution >= 4 is 17.3 Å². The number of hydrogen-bond donors (Lipinski definition) is 1. The molecule has 0 unspecified atom stereocenters. The predicted molar refractivity (Wildman–Crippen MR) is 67.8 cm³/mol. The molecule has 88 valence electrons. The summed E-state index contributed by atoms with van der Waals surface area (Å²) >= 11 is 5.92. The zero-order chi connectivity index (χ0) is 12.4. The minimum atomic E-state index is -0.434. The monoisotopic (exact) mass is 251 g/mol. The normalized spacial score (nSPS) is 10.3. The van der Waals surface area contributed by atoms with Gasteiger partial charge in [-0.3, -0.25) is 0 Å². The lowest BCUT2D eigenvalue weighted by molar-refractivity contribution is 0.415. The molecule has 2 nitrogen and oxygen atoms in total. The van der Waals surface area contributed by atoms with E-state index in [1.807, 2.05) is 0 Å². The van der Waals surface area contributed by atoms with Crippen molar-refractivity contribution in [2.24, 2.45) is 0 Å². The molecule has 2 rings (SSSR count). The van der Waals surface area contributed by atoms with Crippen LogP contribution in [0.4, 0.5) is 10.1 Å². The fourth-order valence-electron chi connectivity index (χ4n) is 1.62. The van der Waals surface area contributed by atoms with Crippen LogP contribution in [0.5, 0.6) is 5.75 Å². The number of nitrogens with two attached hydrogens (primary N) is 1. The van der Waals surface area contributed by atoms with E-state index in [1.165, 1.54) is 13.2 Å². The van der Waals surface area contributed by atoms with Crippen LogP contribution in [0.25, 0.3) is 11.1 Å². The molecule has 0 aliphatic carbocycles. The number of nitrogen functional groups attached to an aromatic ring is 1. The maximum Gasteiger partial charge on any atom is 0.146 e. The molecule has 0 aromatic heterocycles. The molecule has 0 aliphatic rings. The molecule has 2 aromatic carbocycles. The van der Waals surface area contributed by atoms with Gasteiger partial charge in [-0.05, 0) is 23.8 Å². The molecule has 0 radical (unpaired) electrons. The highest BCUT2D eigenvalue weighted by Gasteiger charge is 2.09. The first-order valence-electron chi connectivity index (χ1n) is 5.01. The van der Waals surface area contributed by atoms with E-state index in [0.717, 1.165) is 5.56 Å². The molecule has 0 amide bonds. The van der Waals surface area contributed by atoms with Crippen molar-refractivity contribution in [1.29, 1.82) is 0 Å². The summed E-state index contributed by atoms with van der Waals surface area (Å²) in [6, 6.07) is 9.89. The van der Waals surface area contributed by atoms with Gasteiger partial charge in [0.2, 0.25) is 0 Å². The van der Waals surface area contributed by atoms with E-state index in [2.05, 4.69) is 0 Å². The standard InChI is InChI=1S/C13H11ClFNO/c1-17-12-7-8(5-6-10(12)14)9-3-2-4-11(15)13(9)16/h2-7H,16H2,1H3. The molecule has 0 bridgehead atoms. The van der Waals surface area contributed by atoms with Gasteiger partial charge in [0.05, 0.1) is 17.8 Å². The zero-order valence-corrected chi connectivity index (χ0v) is 9.96. The van der Waals surface area contributed by atoms with E-state index < -0.39 is 5.82 Å². The Morgan fingerprint density at radius 3 is 2.71 bits per heavy atom. The second kappa shape index (κ2) is 4.63. The first kappa shape index (κ1) is 11.7. The Hall–Kier alpha value is -1.74. The number of anilines is 1. The number of halogens is 2. The summed E-state index contributed by atoms with van der Waals surface area (Å²) in [7, 11) is 1.53. The molecule has 0 fully saturated rings. The van der Waals surface area contributed by atoms with Crippen LogP contribution in [-0.2, 0) is 0 Å². The highest BCUT2D eigenvalue weighted by molar-refractivity contribution is 6.32.